The number of hydrogen-bond acceptors (Lipinski definition) is 4. The lowest BCUT2D eigenvalue weighted by Gasteiger charge is -2.14. The molecule has 7 heteroatoms. The molecule has 1 aromatic heterocycles. The standard InChI is InChI=1S/C15H26N4O2S/c1-5-7-16-13(20)11(4)18-15(21)17-8-6-12-9-22-14(19-12)10(2)3/h9-11H,5-8H2,1-4H3,(H,16,20)(H2,17,18,21)/t11-/m1/s1. The molecule has 0 aromatic carbocycles. The van der Waals surface area contributed by atoms with Crippen molar-refractivity contribution in [3.63, 3.8) is 0 Å². The Bertz CT molecular complexity index is 488. The molecule has 0 aliphatic rings. The number of urea groups is 1. The molecule has 124 valence electrons. The van der Waals surface area contributed by atoms with E-state index in [2.05, 4.69) is 34.8 Å². The van der Waals surface area contributed by atoms with Gasteiger partial charge in [-0.25, -0.2) is 9.78 Å². The molecule has 1 aromatic rings. The van der Waals surface area contributed by atoms with Crippen LogP contribution in [-0.4, -0.2) is 36.1 Å². The zero-order chi connectivity index (χ0) is 16.5. The first-order valence-electron chi connectivity index (χ1n) is 7.70. The van der Waals surface area contributed by atoms with Gasteiger partial charge in [-0.1, -0.05) is 20.8 Å². The first kappa shape index (κ1) is 18.4. The van der Waals surface area contributed by atoms with Crippen molar-refractivity contribution in [1.82, 2.24) is 20.9 Å². The molecule has 0 spiro atoms. The fourth-order valence-electron chi connectivity index (χ4n) is 1.72. The van der Waals surface area contributed by atoms with Crippen LogP contribution in [-0.2, 0) is 11.2 Å². The highest BCUT2D eigenvalue weighted by Gasteiger charge is 2.14. The number of rotatable bonds is 8. The second kappa shape index (κ2) is 9.40. The Morgan fingerprint density at radius 2 is 1.95 bits per heavy atom. The number of amides is 3. The number of aromatic nitrogens is 1. The summed E-state index contributed by atoms with van der Waals surface area (Å²) in [5, 5.41) is 11.2. The van der Waals surface area contributed by atoms with Crippen molar-refractivity contribution in [1.29, 1.82) is 0 Å². The minimum absolute atomic E-state index is 0.168. The van der Waals surface area contributed by atoms with Crippen molar-refractivity contribution in [2.24, 2.45) is 0 Å². The van der Waals surface area contributed by atoms with Gasteiger partial charge in [-0.05, 0) is 13.3 Å². The summed E-state index contributed by atoms with van der Waals surface area (Å²) in [6.07, 6.45) is 1.56. The quantitative estimate of drug-likeness (QED) is 0.683. The zero-order valence-electron chi connectivity index (χ0n) is 13.7. The second-order valence-corrected chi connectivity index (χ2v) is 6.38. The first-order chi connectivity index (χ1) is 10.4. The van der Waals surface area contributed by atoms with Crippen LogP contribution in [0.5, 0.6) is 0 Å². The average molecular weight is 326 g/mol. The highest BCUT2D eigenvalue weighted by molar-refractivity contribution is 7.09. The van der Waals surface area contributed by atoms with Crippen LogP contribution < -0.4 is 16.0 Å². The number of hydrogen-bond donors (Lipinski definition) is 3. The molecule has 0 unspecified atom stereocenters. The van der Waals surface area contributed by atoms with E-state index in [-0.39, 0.29) is 11.9 Å². The lowest BCUT2D eigenvalue weighted by Crippen LogP contribution is -2.48. The molecule has 0 saturated heterocycles. The lowest BCUT2D eigenvalue weighted by atomic mass is 10.2. The van der Waals surface area contributed by atoms with Crippen LogP contribution in [0.4, 0.5) is 4.79 Å². The summed E-state index contributed by atoms with van der Waals surface area (Å²) in [5.41, 5.74) is 0.989. The maximum atomic E-state index is 11.7. The second-order valence-electron chi connectivity index (χ2n) is 5.49. The molecule has 0 aliphatic heterocycles. The highest BCUT2D eigenvalue weighted by Crippen LogP contribution is 2.19. The molecule has 0 bridgehead atoms. The summed E-state index contributed by atoms with van der Waals surface area (Å²) in [4.78, 5) is 27.9. The smallest absolute Gasteiger partial charge is 0.315 e. The number of thiazole rings is 1. The van der Waals surface area contributed by atoms with E-state index in [1.807, 2.05) is 12.3 Å². The normalized spacial score (nSPS) is 12.0. The van der Waals surface area contributed by atoms with Gasteiger partial charge in [0, 0.05) is 30.8 Å². The predicted molar refractivity (Wildman–Crippen MR) is 89.2 cm³/mol. The molecule has 0 fully saturated rings. The Morgan fingerprint density at radius 1 is 1.23 bits per heavy atom. The molecular formula is C15H26N4O2S. The molecule has 1 heterocycles. The summed E-state index contributed by atoms with van der Waals surface area (Å²) in [6, 6.07) is -0.878. The van der Waals surface area contributed by atoms with Gasteiger partial charge in [-0.3, -0.25) is 4.79 Å². The van der Waals surface area contributed by atoms with E-state index >= 15 is 0 Å². The van der Waals surface area contributed by atoms with Gasteiger partial charge in [-0.2, -0.15) is 0 Å². The molecule has 0 radical (unpaired) electrons. The number of nitrogens with one attached hydrogen (secondary N) is 3. The largest absolute Gasteiger partial charge is 0.354 e. The van der Waals surface area contributed by atoms with E-state index in [1.54, 1.807) is 18.3 Å². The zero-order valence-corrected chi connectivity index (χ0v) is 14.5. The minimum Gasteiger partial charge on any atom is -0.354 e. The minimum atomic E-state index is -0.543. The van der Waals surface area contributed by atoms with Crippen LogP contribution in [0.25, 0.3) is 0 Å². The Hall–Kier alpha value is -1.63. The van der Waals surface area contributed by atoms with Crippen molar-refractivity contribution in [3.05, 3.63) is 16.1 Å². The summed E-state index contributed by atoms with van der Waals surface area (Å²) in [5.74, 6) is 0.260. The molecule has 1 atom stereocenters. The van der Waals surface area contributed by atoms with Crippen molar-refractivity contribution < 1.29 is 9.59 Å². The Kier molecular flexibility index (Phi) is 7.87. The van der Waals surface area contributed by atoms with Crippen LogP contribution in [0.15, 0.2) is 5.38 Å². The third-order valence-electron chi connectivity index (χ3n) is 3.02. The summed E-state index contributed by atoms with van der Waals surface area (Å²) < 4.78 is 0. The lowest BCUT2D eigenvalue weighted by molar-refractivity contribution is -0.122. The van der Waals surface area contributed by atoms with E-state index in [0.29, 0.717) is 25.4 Å². The van der Waals surface area contributed by atoms with Crippen LogP contribution in [0, 0.1) is 0 Å². The van der Waals surface area contributed by atoms with E-state index in [1.165, 1.54) is 0 Å². The number of carbonyl (C=O) groups is 2. The molecular weight excluding hydrogens is 300 g/mol. The van der Waals surface area contributed by atoms with Gasteiger partial charge in [0.25, 0.3) is 0 Å². The van der Waals surface area contributed by atoms with E-state index < -0.39 is 6.04 Å². The van der Waals surface area contributed by atoms with Crippen LogP contribution in [0.3, 0.4) is 0 Å². The number of carbonyl (C=O) groups excluding carboxylic acids is 2. The highest BCUT2D eigenvalue weighted by atomic mass is 32.1. The molecule has 1 rings (SSSR count). The van der Waals surface area contributed by atoms with Gasteiger partial charge < -0.3 is 16.0 Å². The van der Waals surface area contributed by atoms with Crippen LogP contribution in [0.2, 0.25) is 0 Å². The predicted octanol–water partition coefficient (Wildman–Crippen LogP) is 2.02. The molecule has 3 amide bonds. The van der Waals surface area contributed by atoms with Crippen LogP contribution >= 0.6 is 11.3 Å². The third-order valence-corrected chi connectivity index (χ3v) is 4.21. The van der Waals surface area contributed by atoms with Crippen molar-refractivity contribution >= 4 is 23.3 Å². The van der Waals surface area contributed by atoms with E-state index in [0.717, 1.165) is 17.1 Å². The van der Waals surface area contributed by atoms with Gasteiger partial charge in [0.1, 0.15) is 6.04 Å². The monoisotopic (exact) mass is 326 g/mol. The molecule has 3 N–H and O–H groups in total. The Morgan fingerprint density at radius 3 is 2.55 bits per heavy atom. The fraction of sp³-hybridized carbons (Fsp3) is 0.667. The topological polar surface area (TPSA) is 83.1 Å². The van der Waals surface area contributed by atoms with E-state index in [9.17, 15) is 9.59 Å². The van der Waals surface area contributed by atoms with Gasteiger partial charge in [0.05, 0.1) is 10.7 Å². The van der Waals surface area contributed by atoms with Crippen molar-refractivity contribution in [3.8, 4) is 0 Å². The summed E-state index contributed by atoms with van der Waals surface area (Å²) in [6.45, 7) is 8.98. The molecule has 22 heavy (non-hydrogen) atoms. The number of nitrogens with zero attached hydrogens (tertiary/aromatic N) is 1. The average Bonchev–Trinajstić information content (AvgIpc) is 2.93. The Balaban J connectivity index is 2.26. The molecule has 0 saturated carbocycles. The van der Waals surface area contributed by atoms with E-state index in [4.69, 9.17) is 0 Å². The van der Waals surface area contributed by atoms with Crippen molar-refractivity contribution in [2.75, 3.05) is 13.1 Å². The first-order valence-corrected chi connectivity index (χ1v) is 8.58. The third kappa shape index (κ3) is 6.43. The summed E-state index contributed by atoms with van der Waals surface area (Å²) >= 11 is 1.65. The Labute approximate surface area is 136 Å². The van der Waals surface area contributed by atoms with Gasteiger partial charge >= 0.3 is 6.03 Å². The summed E-state index contributed by atoms with van der Waals surface area (Å²) in [7, 11) is 0. The molecule has 0 aliphatic carbocycles. The maximum Gasteiger partial charge on any atom is 0.315 e. The van der Waals surface area contributed by atoms with Crippen molar-refractivity contribution in [2.45, 2.75) is 52.5 Å². The maximum absolute atomic E-state index is 11.7. The van der Waals surface area contributed by atoms with Gasteiger partial charge in [-0.15, -0.1) is 11.3 Å². The van der Waals surface area contributed by atoms with Crippen LogP contribution in [0.1, 0.15) is 50.7 Å². The van der Waals surface area contributed by atoms with Gasteiger partial charge in [0.15, 0.2) is 0 Å². The fourth-order valence-corrected chi connectivity index (χ4v) is 2.59. The van der Waals surface area contributed by atoms with Gasteiger partial charge in [0.2, 0.25) is 5.91 Å². The molecule has 6 nitrogen and oxygen atoms in total. The SMILES string of the molecule is CCCNC(=O)[C@@H](C)NC(=O)NCCc1csc(C(C)C)n1.